The predicted octanol–water partition coefficient (Wildman–Crippen LogP) is 3.08. The quantitative estimate of drug-likeness (QED) is 0.632. The van der Waals surface area contributed by atoms with Gasteiger partial charge in [-0.3, -0.25) is 19.7 Å². The zero-order chi connectivity index (χ0) is 20.4. The Balaban J connectivity index is 1.86. The van der Waals surface area contributed by atoms with Gasteiger partial charge in [-0.1, -0.05) is 32.0 Å². The highest BCUT2D eigenvalue weighted by molar-refractivity contribution is 6.03. The maximum Gasteiger partial charge on any atom is 0.271 e. The lowest BCUT2D eigenvalue weighted by atomic mass is 10.0. The van der Waals surface area contributed by atoms with Crippen LogP contribution in [0, 0.1) is 21.8 Å². The molecule has 1 aliphatic rings. The monoisotopic (exact) mass is 385 g/mol. The number of carbonyl (C=O) groups excluding carboxylic acids is 2. The van der Waals surface area contributed by atoms with E-state index in [0.29, 0.717) is 18.7 Å². The number of halogens is 1. The van der Waals surface area contributed by atoms with Crippen molar-refractivity contribution in [1.82, 2.24) is 5.32 Å². The summed E-state index contributed by atoms with van der Waals surface area (Å²) in [5.41, 5.74) is 1.07. The van der Waals surface area contributed by atoms with Crippen LogP contribution < -0.4 is 10.2 Å². The van der Waals surface area contributed by atoms with Crippen LogP contribution in [0.5, 0.6) is 0 Å². The fourth-order valence-electron chi connectivity index (χ4n) is 3.26. The van der Waals surface area contributed by atoms with Crippen LogP contribution in [-0.2, 0) is 11.2 Å². The fraction of sp³-hybridized carbons (Fsp3) is 0.300. The van der Waals surface area contributed by atoms with E-state index >= 15 is 0 Å². The number of nitrogens with zero attached hydrogens (tertiary/aromatic N) is 2. The normalized spacial score (nSPS) is 13.9. The maximum absolute atomic E-state index is 13.9. The summed E-state index contributed by atoms with van der Waals surface area (Å²) in [6.45, 7) is 3.91. The highest BCUT2D eigenvalue weighted by atomic mass is 19.1. The van der Waals surface area contributed by atoms with Gasteiger partial charge < -0.3 is 10.2 Å². The number of fused-ring (bicyclic) bond motifs is 1. The van der Waals surface area contributed by atoms with Crippen LogP contribution in [0.4, 0.5) is 15.8 Å². The van der Waals surface area contributed by atoms with Crippen LogP contribution >= 0.6 is 0 Å². The molecule has 0 spiro atoms. The number of carbonyl (C=O) groups is 2. The fourth-order valence-corrected chi connectivity index (χ4v) is 3.26. The average Bonchev–Trinajstić information content (AvgIpc) is 3.08. The number of hydrogen-bond donors (Lipinski definition) is 1. The van der Waals surface area contributed by atoms with E-state index < -0.39 is 22.7 Å². The molecule has 2 aromatic carbocycles. The molecule has 2 amide bonds. The Kier molecular flexibility index (Phi) is 5.39. The van der Waals surface area contributed by atoms with Gasteiger partial charge in [0.1, 0.15) is 11.9 Å². The Hall–Kier alpha value is -3.29. The molecule has 28 heavy (non-hydrogen) atoms. The van der Waals surface area contributed by atoms with Gasteiger partial charge >= 0.3 is 0 Å². The van der Waals surface area contributed by atoms with Crippen LogP contribution in [-0.4, -0.2) is 29.3 Å². The van der Waals surface area contributed by atoms with Crippen LogP contribution in [0.15, 0.2) is 42.5 Å². The number of rotatable bonds is 5. The van der Waals surface area contributed by atoms with Crippen LogP contribution in [0.1, 0.15) is 29.8 Å². The molecule has 0 saturated heterocycles. The van der Waals surface area contributed by atoms with Crippen molar-refractivity contribution in [2.24, 2.45) is 5.92 Å². The van der Waals surface area contributed by atoms with Crippen LogP contribution in [0.25, 0.3) is 0 Å². The van der Waals surface area contributed by atoms with E-state index in [1.54, 1.807) is 26.0 Å². The second-order valence-electron chi connectivity index (χ2n) is 6.98. The minimum Gasteiger partial charge on any atom is -0.340 e. The molecule has 146 valence electrons. The van der Waals surface area contributed by atoms with Crippen LogP contribution in [0.3, 0.4) is 0 Å². The maximum atomic E-state index is 13.9. The van der Waals surface area contributed by atoms with Crippen molar-refractivity contribution in [3.05, 3.63) is 69.5 Å². The topological polar surface area (TPSA) is 92.6 Å². The van der Waals surface area contributed by atoms with E-state index in [-0.39, 0.29) is 23.1 Å². The Labute approximate surface area is 161 Å². The molecule has 7 nitrogen and oxygen atoms in total. The molecule has 0 fully saturated rings. The van der Waals surface area contributed by atoms with Gasteiger partial charge in [-0.05, 0) is 30.0 Å². The first-order valence-corrected chi connectivity index (χ1v) is 8.93. The number of benzene rings is 2. The number of nitro benzene ring substituents is 1. The van der Waals surface area contributed by atoms with Crippen molar-refractivity contribution in [1.29, 1.82) is 0 Å². The number of hydrogen-bond acceptors (Lipinski definition) is 4. The second-order valence-corrected chi connectivity index (χ2v) is 6.98. The molecule has 0 aromatic heterocycles. The number of nitro groups is 1. The highest BCUT2D eigenvalue weighted by Gasteiger charge is 2.34. The summed E-state index contributed by atoms with van der Waals surface area (Å²) >= 11 is 0. The molecule has 1 heterocycles. The van der Waals surface area contributed by atoms with Gasteiger partial charge in [0.15, 0.2) is 0 Å². The lowest BCUT2D eigenvalue weighted by Gasteiger charge is -2.27. The molecule has 0 saturated carbocycles. The van der Waals surface area contributed by atoms with Crippen molar-refractivity contribution in [2.75, 3.05) is 11.4 Å². The molecule has 0 aliphatic carbocycles. The van der Waals surface area contributed by atoms with E-state index in [4.69, 9.17) is 0 Å². The molecule has 2 aromatic rings. The molecule has 0 unspecified atom stereocenters. The first kappa shape index (κ1) is 19.5. The molecule has 1 aliphatic heterocycles. The van der Waals surface area contributed by atoms with Crippen molar-refractivity contribution in [3.63, 3.8) is 0 Å². The van der Waals surface area contributed by atoms with E-state index in [0.717, 1.165) is 5.56 Å². The molecule has 8 heteroatoms. The smallest absolute Gasteiger partial charge is 0.271 e. The summed E-state index contributed by atoms with van der Waals surface area (Å²) in [4.78, 5) is 37.6. The summed E-state index contributed by atoms with van der Waals surface area (Å²) in [5, 5.41) is 13.7. The Bertz CT molecular complexity index is 945. The summed E-state index contributed by atoms with van der Waals surface area (Å²) < 4.78 is 13.9. The van der Waals surface area contributed by atoms with Crippen molar-refractivity contribution < 1.29 is 18.9 Å². The molecule has 0 bridgehead atoms. The van der Waals surface area contributed by atoms with Gasteiger partial charge in [0, 0.05) is 18.7 Å². The number of non-ortho nitro benzene ring substituents is 1. The van der Waals surface area contributed by atoms with Gasteiger partial charge in [-0.15, -0.1) is 0 Å². The first-order chi connectivity index (χ1) is 13.3. The van der Waals surface area contributed by atoms with E-state index in [1.165, 1.54) is 35.2 Å². The van der Waals surface area contributed by atoms with Crippen LogP contribution in [0.2, 0.25) is 0 Å². The second kappa shape index (κ2) is 7.75. The average molecular weight is 385 g/mol. The Morgan fingerprint density at radius 1 is 1.21 bits per heavy atom. The first-order valence-electron chi connectivity index (χ1n) is 8.93. The number of nitrogens with one attached hydrogen (secondary N) is 1. The largest absolute Gasteiger partial charge is 0.340 e. The SMILES string of the molecule is CC(C)[C@H](NC(=O)c1ccccc1F)C(=O)N1CCc2ccc([N+](=O)[O-])cc21. The third kappa shape index (κ3) is 3.71. The van der Waals surface area contributed by atoms with E-state index in [9.17, 15) is 24.1 Å². The van der Waals surface area contributed by atoms with E-state index in [1.807, 2.05) is 0 Å². The zero-order valence-corrected chi connectivity index (χ0v) is 15.5. The number of amides is 2. The van der Waals surface area contributed by atoms with Gasteiger partial charge in [-0.2, -0.15) is 0 Å². The van der Waals surface area contributed by atoms with Gasteiger partial charge in [0.05, 0.1) is 16.2 Å². The molecule has 0 radical (unpaired) electrons. The molecule has 1 atom stereocenters. The third-order valence-electron chi connectivity index (χ3n) is 4.78. The Morgan fingerprint density at radius 3 is 2.57 bits per heavy atom. The molecule has 1 N–H and O–H groups in total. The Morgan fingerprint density at radius 2 is 1.93 bits per heavy atom. The summed E-state index contributed by atoms with van der Waals surface area (Å²) in [6, 6.07) is 9.08. The minimum atomic E-state index is -0.891. The van der Waals surface area contributed by atoms with Crippen molar-refractivity contribution in [3.8, 4) is 0 Å². The summed E-state index contributed by atoms with van der Waals surface area (Å²) in [7, 11) is 0. The number of anilines is 1. The van der Waals surface area contributed by atoms with E-state index in [2.05, 4.69) is 5.32 Å². The summed E-state index contributed by atoms with van der Waals surface area (Å²) in [5.74, 6) is -1.98. The molecular formula is C20H20FN3O4. The minimum absolute atomic E-state index is 0.102. The molecular weight excluding hydrogens is 365 g/mol. The van der Waals surface area contributed by atoms with Crippen molar-refractivity contribution >= 4 is 23.2 Å². The van der Waals surface area contributed by atoms with Gasteiger partial charge in [-0.25, -0.2) is 4.39 Å². The summed E-state index contributed by atoms with van der Waals surface area (Å²) in [6.07, 6.45) is 0.575. The standard InChI is InChI=1S/C20H20FN3O4/c1-12(2)18(22-19(25)15-5-3-4-6-16(15)21)20(26)23-10-9-13-7-8-14(24(27)28)11-17(13)23/h3-8,11-12,18H,9-10H2,1-2H3,(H,22,25)/t18-/m0/s1. The predicted molar refractivity (Wildman–Crippen MR) is 102 cm³/mol. The third-order valence-corrected chi connectivity index (χ3v) is 4.78. The van der Waals surface area contributed by atoms with Gasteiger partial charge in [0.2, 0.25) is 5.91 Å². The zero-order valence-electron chi connectivity index (χ0n) is 15.5. The lowest BCUT2D eigenvalue weighted by Crippen LogP contribution is -2.51. The molecule has 3 rings (SSSR count). The van der Waals surface area contributed by atoms with Crippen molar-refractivity contribution in [2.45, 2.75) is 26.3 Å². The lowest BCUT2D eigenvalue weighted by molar-refractivity contribution is -0.384. The van der Waals surface area contributed by atoms with Gasteiger partial charge in [0.25, 0.3) is 11.6 Å². The highest BCUT2D eigenvalue weighted by Crippen LogP contribution is 2.32.